The van der Waals surface area contributed by atoms with Crippen LogP contribution in [0.15, 0.2) is 11.4 Å². The van der Waals surface area contributed by atoms with Crippen LogP contribution in [0.5, 0.6) is 0 Å². The Morgan fingerprint density at radius 1 is 1.62 bits per heavy atom. The molecule has 4 heteroatoms. The summed E-state index contributed by atoms with van der Waals surface area (Å²) < 4.78 is 0. The molecule has 0 saturated carbocycles. The smallest absolute Gasteiger partial charge is 0.320 e. The summed E-state index contributed by atoms with van der Waals surface area (Å²) in [5.74, 6) is -0.761. The van der Waals surface area contributed by atoms with E-state index in [0.29, 0.717) is 6.42 Å². The van der Waals surface area contributed by atoms with E-state index in [1.165, 1.54) is 10.4 Å². The topological polar surface area (TPSA) is 49.3 Å². The molecule has 0 bridgehead atoms. The highest BCUT2D eigenvalue weighted by Crippen LogP contribution is 2.24. The van der Waals surface area contributed by atoms with Crippen LogP contribution in [0.4, 0.5) is 0 Å². The summed E-state index contributed by atoms with van der Waals surface area (Å²) in [4.78, 5) is 12.2. The van der Waals surface area contributed by atoms with E-state index in [4.69, 9.17) is 5.11 Å². The van der Waals surface area contributed by atoms with Crippen LogP contribution in [0.3, 0.4) is 0 Å². The molecule has 0 saturated heterocycles. The Bertz CT molecular complexity index is 349. The van der Waals surface area contributed by atoms with Gasteiger partial charge in [0, 0.05) is 10.9 Å². The van der Waals surface area contributed by atoms with E-state index in [1.54, 1.807) is 11.3 Å². The number of nitrogens with one attached hydrogen (secondary N) is 1. The normalized spacial score (nSPS) is 14.7. The van der Waals surface area contributed by atoms with Gasteiger partial charge in [0.25, 0.3) is 0 Å². The van der Waals surface area contributed by atoms with Gasteiger partial charge in [-0.15, -0.1) is 11.3 Å². The summed E-state index contributed by atoms with van der Waals surface area (Å²) in [6.45, 7) is 6.07. The van der Waals surface area contributed by atoms with Crippen LogP contribution in [-0.4, -0.2) is 17.1 Å². The fraction of sp³-hybridized carbons (Fsp3) is 0.583. The van der Waals surface area contributed by atoms with E-state index in [-0.39, 0.29) is 6.04 Å². The zero-order chi connectivity index (χ0) is 12.1. The number of hydrogen-bond donors (Lipinski definition) is 2. The first kappa shape index (κ1) is 13.2. The van der Waals surface area contributed by atoms with Crippen LogP contribution in [0.25, 0.3) is 0 Å². The summed E-state index contributed by atoms with van der Waals surface area (Å²) in [6.07, 6.45) is 1.55. The minimum atomic E-state index is -0.761. The van der Waals surface area contributed by atoms with Crippen LogP contribution in [0.2, 0.25) is 0 Å². The third kappa shape index (κ3) is 3.32. The first-order valence-electron chi connectivity index (χ1n) is 5.59. The molecule has 1 rings (SSSR count). The van der Waals surface area contributed by atoms with Crippen molar-refractivity contribution in [2.45, 2.75) is 45.7 Å². The van der Waals surface area contributed by atoms with Crippen molar-refractivity contribution in [2.24, 2.45) is 0 Å². The van der Waals surface area contributed by atoms with Crippen molar-refractivity contribution >= 4 is 17.3 Å². The average Bonchev–Trinajstić information content (AvgIpc) is 2.63. The van der Waals surface area contributed by atoms with E-state index in [1.807, 2.05) is 19.2 Å². The Morgan fingerprint density at radius 3 is 2.75 bits per heavy atom. The number of thiophene rings is 1. The zero-order valence-electron chi connectivity index (χ0n) is 9.99. The van der Waals surface area contributed by atoms with Gasteiger partial charge in [-0.05, 0) is 37.3 Å². The lowest BCUT2D eigenvalue weighted by Gasteiger charge is -2.19. The van der Waals surface area contributed by atoms with E-state index in [9.17, 15) is 4.79 Å². The number of hydrogen-bond acceptors (Lipinski definition) is 3. The highest BCUT2D eigenvalue weighted by molar-refractivity contribution is 7.10. The van der Waals surface area contributed by atoms with Gasteiger partial charge in [0.1, 0.15) is 6.04 Å². The fourth-order valence-corrected chi connectivity index (χ4v) is 2.72. The number of carboxylic acid groups (broad SMARTS) is 1. The van der Waals surface area contributed by atoms with Crippen molar-refractivity contribution in [1.82, 2.24) is 5.32 Å². The Balaban J connectivity index is 2.65. The lowest BCUT2D eigenvalue weighted by Crippen LogP contribution is -2.38. The summed E-state index contributed by atoms with van der Waals surface area (Å²) in [5, 5.41) is 14.3. The zero-order valence-corrected chi connectivity index (χ0v) is 10.8. The van der Waals surface area contributed by atoms with E-state index in [2.05, 4.69) is 18.3 Å². The molecule has 0 spiro atoms. The molecular formula is C12H19NO2S. The van der Waals surface area contributed by atoms with Gasteiger partial charge in [-0.2, -0.15) is 0 Å². The monoisotopic (exact) mass is 241 g/mol. The summed E-state index contributed by atoms with van der Waals surface area (Å²) in [5.41, 5.74) is 1.23. The summed E-state index contributed by atoms with van der Waals surface area (Å²) in [7, 11) is 0. The predicted molar refractivity (Wildman–Crippen MR) is 66.9 cm³/mol. The Hall–Kier alpha value is -0.870. The van der Waals surface area contributed by atoms with E-state index in [0.717, 1.165) is 6.42 Å². The van der Waals surface area contributed by atoms with Crippen LogP contribution >= 0.6 is 11.3 Å². The molecule has 0 aromatic carbocycles. The highest BCUT2D eigenvalue weighted by atomic mass is 32.1. The van der Waals surface area contributed by atoms with Crippen LogP contribution in [0, 0.1) is 6.92 Å². The van der Waals surface area contributed by atoms with Gasteiger partial charge < -0.3 is 5.11 Å². The predicted octanol–water partition coefficient (Wildman–Crippen LogP) is 2.96. The first-order valence-corrected chi connectivity index (χ1v) is 6.47. The van der Waals surface area contributed by atoms with Crippen molar-refractivity contribution < 1.29 is 9.90 Å². The molecule has 16 heavy (non-hydrogen) atoms. The van der Waals surface area contributed by atoms with Crippen molar-refractivity contribution in [2.75, 3.05) is 0 Å². The second-order valence-corrected chi connectivity index (χ2v) is 4.98. The van der Waals surface area contributed by atoms with Crippen molar-refractivity contribution in [3.8, 4) is 0 Å². The molecule has 0 aliphatic rings. The second kappa shape index (κ2) is 6.01. The molecule has 0 aliphatic heterocycles. The van der Waals surface area contributed by atoms with Crippen LogP contribution in [-0.2, 0) is 4.79 Å². The molecular weight excluding hydrogens is 222 g/mol. The van der Waals surface area contributed by atoms with Crippen molar-refractivity contribution in [3.05, 3.63) is 21.9 Å². The molecule has 0 amide bonds. The van der Waals surface area contributed by atoms with Gasteiger partial charge in [0.15, 0.2) is 0 Å². The van der Waals surface area contributed by atoms with E-state index < -0.39 is 12.0 Å². The number of carboxylic acids is 1. The molecule has 1 aromatic rings. The number of aliphatic carboxylic acids is 1. The van der Waals surface area contributed by atoms with Crippen molar-refractivity contribution in [3.63, 3.8) is 0 Å². The van der Waals surface area contributed by atoms with Gasteiger partial charge in [0.05, 0.1) is 0 Å². The maximum atomic E-state index is 11.0. The largest absolute Gasteiger partial charge is 0.480 e. The molecule has 2 atom stereocenters. The second-order valence-electron chi connectivity index (χ2n) is 4.04. The molecule has 1 heterocycles. The number of rotatable bonds is 6. The number of carbonyl (C=O) groups is 1. The molecule has 3 nitrogen and oxygen atoms in total. The molecule has 1 aromatic heterocycles. The SMILES string of the molecule is CCCC(NC(C)c1sccc1C)C(=O)O. The molecule has 2 unspecified atom stereocenters. The van der Waals surface area contributed by atoms with Gasteiger partial charge >= 0.3 is 5.97 Å². The Kier molecular flexibility index (Phi) is 4.96. The average molecular weight is 241 g/mol. The van der Waals surface area contributed by atoms with Gasteiger partial charge in [0.2, 0.25) is 0 Å². The van der Waals surface area contributed by atoms with Gasteiger partial charge in [-0.1, -0.05) is 13.3 Å². The minimum Gasteiger partial charge on any atom is -0.480 e. The minimum absolute atomic E-state index is 0.104. The molecule has 0 fully saturated rings. The van der Waals surface area contributed by atoms with Crippen LogP contribution in [0.1, 0.15) is 43.2 Å². The summed E-state index contributed by atoms with van der Waals surface area (Å²) in [6, 6.07) is 1.72. The van der Waals surface area contributed by atoms with Crippen LogP contribution < -0.4 is 5.32 Å². The maximum Gasteiger partial charge on any atom is 0.320 e. The molecule has 0 aliphatic carbocycles. The molecule has 0 radical (unpaired) electrons. The Morgan fingerprint density at radius 2 is 2.31 bits per heavy atom. The fourth-order valence-electron chi connectivity index (χ4n) is 1.77. The lowest BCUT2D eigenvalue weighted by molar-refractivity contribution is -0.139. The van der Waals surface area contributed by atoms with Gasteiger partial charge in [-0.3, -0.25) is 10.1 Å². The number of aryl methyl sites for hydroxylation is 1. The third-order valence-electron chi connectivity index (χ3n) is 2.62. The molecule has 2 N–H and O–H groups in total. The first-order chi connectivity index (χ1) is 7.56. The summed E-state index contributed by atoms with van der Waals surface area (Å²) >= 11 is 1.67. The van der Waals surface area contributed by atoms with Crippen molar-refractivity contribution in [1.29, 1.82) is 0 Å². The van der Waals surface area contributed by atoms with Gasteiger partial charge in [-0.25, -0.2) is 0 Å². The van der Waals surface area contributed by atoms with E-state index >= 15 is 0 Å². The standard InChI is InChI=1S/C12H19NO2S/c1-4-5-10(12(14)15)13-9(3)11-8(2)6-7-16-11/h6-7,9-10,13H,4-5H2,1-3H3,(H,14,15). The highest BCUT2D eigenvalue weighted by Gasteiger charge is 2.20. The quantitative estimate of drug-likeness (QED) is 0.805. The maximum absolute atomic E-state index is 11.0. The lowest BCUT2D eigenvalue weighted by atomic mass is 10.1. The molecule has 90 valence electrons. The Labute approximate surface area is 100 Å². The third-order valence-corrected chi connectivity index (χ3v) is 3.82.